The summed E-state index contributed by atoms with van der Waals surface area (Å²) in [6.45, 7) is 2.41. The number of aliphatic carboxylic acids is 1. The lowest BCUT2D eigenvalue weighted by Crippen LogP contribution is -2.48. The van der Waals surface area contributed by atoms with Crippen molar-refractivity contribution < 1.29 is 14.7 Å². The quantitative estimate of drug-likeness (QED) is 0.641. The normalized spacial score (nSPS) is 19.4. The SMILES string of the molecule is CSC1(CNCC(NC(C)=O)C(=O)O)CCCC1. The standard InChI is InChI=1S/C12H22N2O3S/c1-9(15)14-10(11(16)17)7-13-8-12(18-2)5-3-4-6-12/h10,13H,3-8H2,1-2H3,(H,14,15)(H,16,17). The fourth-order valence-corrected chi connectivity index (χ4v) is 3.31. The van der Waals surface area contributed by atoms with Crippen molar-refractivity contribution in [1.29, 1.82) is 0 Å². The molecule has 0 spiro atoms. The Morgan fingerprint density at radius 2 is 2.00 bits per heavy atom. The summed E-state index contributed by atoms with van der Waals surface area (Å²) in [7, 11) is 0. The Morgan fingerprint density at radius 3 is 2.44 bits per heavy atom. The number of amides is 1. The number of carboxylic acids is 1. The maximum Gasteiger partial charge on any atom is 0.327 e. The van der Waals surface area contributed by atoms with Gasteiger partial charge in [0.25, 0.3) is 0 Å². The van der Waals surface area contributed by atoms with Crippen LogP contribution in [0.25, 0.3) is 0 Å². The van der Waals surface area contributed by atoms with E-state index in [1.807, 2.05) is 11.8 Å². The van der Waals surface area contributed by atoms with Gasteiger partial charge in [-0.3, -0.25) is 4.79 Å². The zero-order chi connectivity index (χ0) is 13.6. The summed E-state index contributed by atoms with van der Waals surface area (Å²) in [5, 5.41) is 14.6. The second kappa shape index (κ2) is 6.99. The molecule has 5 nitrogen and oxygen atoms in total. The van der Waals surface area contributed by atoms with Crippen LogP contribution in [0.2, 0.25) is 0 Å². The van der Waals surface area contributed by atoms with E-state index in [1.165, 1.54) is 32.6 Å². The van der Waals surface area contributed by atoms with E-state index in [4.69, 9.17) is 5.11 Å². The molecule has 1 aliphatic rings. The van der Waals surface area contributed by atoms with Gasteiger partial charge in [0, 0.05) is 24.8 Å². The average molecular weight is 274 g/mol. The zero-order valence-electron chi connectivity index (χ0n) is 11.0. The van der Waals surface area contributed by atoms with E-state index in [1.54, 1.807) is 0 Å². The maximum atomic E-state index is 11.0. The summed E-state index contributed by atoms with van der Waals surface area (Å²) in [6, 6.07) is -0.845. The molecular weight excluding hydrogens is 252 g/mol. The van der Waals surface area contributed by atoms with Gasteiger partial charge in [-0.25, -0.2) is 4.79 Å². The third-order valence-corrected chi connectivity index (χ3v) is 4.84. The molecule has 1 unspecified atom stereocenters. The number of rotatable bonds is 7. The molecule has 0 aromatic carbocycles. The van der Waals surface area contributed by atoms with Crippen molar-refractivity contribution in [2.45, 2.75) is 43.4 Å². The first-order valence-electron chi connectivity index (χ1n) is 6.25. The molecule has 0 radical (unpaired) electrons. The van der Waals surface area contributed by atoms with Crippen molar-refractivity contribution in [3.8, 4) is 0 Å². The number of hydrogen-bond acceptors (Lipinski definition) is 4. The monoisotopic (exact) mass is 274 g/mol. The Kier molecular flexibility index (Phi) is 5.95. The molecule has 104 valence electrons. The smallest absolute Gasteiger partial charge is 0.327 e. The van der Waals surface area contributed by atoms with Crippen LogP contribution in [-0.4, -0.2) is 47.1 Å². The molecule has 1 aliphatic carbocycles. The molecule has 6 heteroatoms. The van der Waals surface area contributed by atoms with Gasteiger partial charge in [-0.1, -0.05) is 12.8 Å². The lowest BCUT2D eigenvalue weighted by atomic mass is 10.1. The van der Waals surface area contributed by atoms with E-state index in [2.05, 4.69) is 16.9 Å². The number of carbonyl (C=O) groups excluding carboxylic acids is 1. The molecule has 1 atom stereocenters. The van der Waals surface area contributed by atoms with Crippen LogP contribution in [-0.2, 0) is 9.59 Å². The second-order valence-corrected chi connectivity index (χ2v) is 6.09. The van der Waals surface area contributed by atoms with Crippen molar-refractivity contribution in [2.75, 3.05) is 19.3 Å². The van der Waals surface area contributed by atoms with Gasteiger partial charge in [0.15, 0.2) is 0 Å². The summed E-state index contributed by atoms with van der Waals surface area (Å²) in [5.41, 5.74) is 0. The highest BCUT2D eigenvalue weighted by Gasteiger charge is 2.32. The highest BCUT2D eigenvalue weighted by molar-refractivity contribution is 8.00. The largest absolute Gasteiger partial charge is 0.480 e. The van der Waals surface area contributed by atoms with Crippen molar-refractivity contribution in [1.82, 2.24) is 10.6 Å². The van der Waals surface area contributed by atoms with Crippen LogP contribution >= 0.6 is 11.8 Å². The Labute approximate surface area is 112 Å². The van der Waals surface area contributed by atoms with E-state index in [-0.39, 0.29) is 17.2 Å². The highest BCUT2D eigenvalue weighted by atomic mass is 32.2. The molecule has 18 heavy (non-hydrogen) atoms. The minimum Gasteiger partial charge on any atom is -0.480 e. The number of hydrogen-bond donors (Lipinski definition) is 3. The molecule has 1 rings (SSSR count). The van der Waals surface area contributed by atoms with Gasteiger partial charge < -0.3 is 15.7 Å². The van der Waals surface area contributed by atoms with Crippen LogP contribution in [0.3, 0.4) is 0 Å². The zero-order valence-corrected chi connectivity index (χ0v) is 11.8. The van der Waals surface area contributed by atoms with Crippen LogP contribution < -0.4 is 10.6 Å². The average Bonchev–Trinajstić information content (AvgIpc) is 2.76. The first kappa shape index (κ1) is 15.3. The van der Waals surface area contributed by atoms with E-state index < -0.39 is 12.0 Å². The minimum absolute atomic E-state index is 0.249. The third-order valence-electron chi connectivity index (χ3n) is 3.42. The number of thioether (sulfide) groups is 1. The van der Waals surface area contributed by atoms with E-state index in [0.29, 0.717) is 0 Å². The number of carboxylic acid groups (broad SMARTS) is 1. The van der Waals surface area contributed by atoms with Gasteiger partial charge in [-0.15, -0.1) is 0 Å². The van der Waals surface area contributed by atoms with Crippen LogP contribution in [0, 0.1) is 0 Å². The van der Waals surface area contributed by atoms with Gasteiger partial charge in [0.05, 0.1) is 0 Å². The number of nitrogens with one attached hydrogen (secondary N) is 2. The van der Waals surface area contributed by atoms with Crippen molar-refractivity contribution in [2.24, 2.45) is 0 Å². The Bertz CT molecular complexity index is 304. The van der Waals surface area contributed by atoms with Crippen molar-refractivity contribution in [3.63, 3.8) is 0 Å². The molecule has 0 aliphatic heterocycles. The van der Waals surface area contributed by atoms with E-state index in [0.717, 1.165) is 6.54 Å². The Balaban J connectivity index is 2.38. The van der Waals surface area contributed by atoms with E-state index >= 15 is 0 Å². The fraction of sp³-hybridized carbons (Fsp3) is 0.833. The van der Waals surface area contributed by atoms with E-state index in [9.17, 15) is 9.59 Å². The van der Waals surface area contributed by atoms with Crippen molar-refractivity contribution in [3.05, 3.63) is 0 Å². The van der Waals surface area contributed by atoms with Gasteiger partial charge in [-0.2, -0.15) is 11.8 Å². The highest BCUT2D eigenvalue weighted by Crippen LogP contribution is 2.39. The summed E-state index contributed by atoms with van der Waals surface area (Å²) < 4.78 is 0.249. The molecule has 0 heterocycles. The fourth-order valence-electron chi connectivity index (χ4n) is 2.36. The lowest BCUT2D eigenvalue weighted by Gasteiger charge is -2.27. The van der Waals surface area contributed by atoms with Crippen LogP contribution in [0.15, 0.2) is 0 Å². The Morgan fingerprint density at radius 1 is 1.39 bits per heavy atom. The molecule has 1 amide bonds. The van der Waals surface area contributed by atoms with Gasteiger partial charge in [-0.05, 0) is 19.1 Å². The summed E-state index contributed by atoms with van der Waals surface area (Å²) in [6.07, 6.45) is 6.96. The summed E-state index contributed by atoms with van der Waals surface area (Å²) in [4.78, 5) is 21.8. The predicted molar refractivity (Wildman–Crippen MR) is 72.8 cm³/mol. The maximum absolute atomic E-state index is 11.0. The van der Waals surface area contributed by atoms with Gasteiger partial charge in [0.2, 0.25) is 5.91 Å². The van der Waals surface area contributed by atoms with Crippen LogP contribution in [0.5, 0.6) is 0 Å². The van der Waals surface area contributed by atoms with Crippen LogP contribution in [0.4, 0.5) is 0 Å². The first-order valence-corrected chi connectivity index (χ1v) is 7.47. The summed E-state index contributed by atoms with van der Waals surface area (Å²) >= 11 is 1.86. The molecule has 0 saturated heterocycles. The Hall–Kier alpha value is -0.750. The molecule has 1 fully saturated rings. The minimum atomic E-state index is -0.998. The van der Waals surface area contributed by atoms with Crippen LogP contribution in [0.1, 0.15) is 32.6 Å². The molecule has 0 bridgehead atoms. The lowest BCUT2D eigenvalue weighted by molar-refractivity contribution is -0.141. The molecule has 3 N–H and O–H groups in total. The van der Waals surface area contributed by atoms with Gasteiger partial charge >= 0.3 is 5.97 Å². The topological polar surface area (TPSA) is 78.4 Å². The molecule has 1 saturated carbocycles. The van der Waals surface area contributed by atoms with Crippen molar-refractivity contribution >= 4 is 23.6 Å². The molecule has 0 aromatic heterocycles. The van der Waals surface area contributed by atoms with Gasteiger partial charge in [0.1, 0.15) is 6.04 Å². The first-order chi connectivity index (χ1) is 8.49. The number of carbonyl (C=O) groups is 2. The second-order valence-electron chi connectivity index (χ2n) is 4.82. The third kappa shape index (κ3) is 4.49. The molecular formula is C12H22N2O3S. The molecule has 0 aromatic rings. The summed E-state index contributed by atoms with van der Waals surface area (Å²) in [5.74, 6) is -1.31. The predicted octanol–water partition coefficient (Wildman–Crippen LogP) is 0.841.